The third kappa shape index (κ3) is 4.84. The van der Waals surface area contributed by atoms with E-state index in [9.17, 15) is 13.2 Å². The number of methoxy groups -OCH3 is 1. The van der Waals surface area contributed by atoms with Crippen molar-refractivity contribution in [3.05, 3.63) is 18.2 Å². The van der Waals surface area contributed by atoms with Gasteiger partial charge in [-0.25, -0.2) is 0 Å². The molecule has 96 valence electrons. The lowest BCUT2D eigenvalue weighted by molar-refractivity contribution is -0.136. The first kappa shape index (κ1) is 13.5. The molecule has 0 unspecified atom stereocenters. The van der Waals surface area contributed by atoms with Crippen LogP contribution in [-0.2, 0) is 0 Å². The zero-order valence-electron chi connectivity index (χ0n) is 9.38. The summed E-state index contributed by atoms with van der Waals surface area (Å²) in [5.74, 6) is 0.943. The molecule has 0 fully saturated rings. The summed E-state index contributed by atoms with van der Waals surface area (Å²) in [6.45, 7) is 0.00524. The molecule has 0 saturated heterocycles. The fourth-order valence-corrected chi connectivity index (χ4v) is 1.26. The molecule has 1 aromatic rings. The van der Waals surface area contributed by atoms with E-state index in [4.69, 9.17) is 15.2 Å². The van der Waals surface area contributed by atoms with E-state index >= 15 is 0 Å². The molecular weight excluding hydrogens is 235 g/mol. The predicted molar refractivity (Wildman–Crippen MR) is 58.2 cm³/mol. The topological polar surface area (TPSA) is 44.5 Å². The van der Waals surface area contributed by atoms with E-state index in [1.807, 2.05) is 0 Å². The van der Waals surface area contributed by atoms with Crippen LogP contribution in [0.25, 0.3) is 0 Å². The monoisotopic (exact) mass is 249 g/mol. The van der Waals surface area contributed by atoms with Gasteiger partial charge in [-0.2, -0.15) is 13.2 Å². The van der Waals surface area contributed by atoms with Crippen LogP contribution in [0.4, 0.5) is 18.9 Å². The van der Waals surface area contributed by atoms with Crippen LogP contribution in [0, 0.1) is 0 Å². The van der Waals surface area contributed by atoms with Gasteiger partial charge in [0, 0.05) is 12.5 Å². The summed E-state index contributed by atoms with van der Waals surface area (Å²) >= 11 is 0. The molecule has 1 rings (SSSR count). The first-order valence-corrected chi connectivity index (χ1v) is 5.05. The summed E-state index contributed by atoms with van der Waals surface area (Å²) in [6, 6.07) is 4.73. The van der Waals surface area contributed by atoms with Gasteiger partial charge < -0.3 is 15.2 Å². The Morgan fingerprint density at radius 3 is 2.53 bits per heavy atom. The molecule has 0 spiro atoms. The number of rotatable bonds is 5. The summed E-state index contributed by atoms with van der Waals surface area (Å²) < 4.78 is 45.6. The highest BCUT2D eigenvalue weighted by Crippen LogP contribution is 2.26. The molecule has 2 N–H and O–H groups in total. The molecule has 0 radical (unpaired) electrons. The Labute approximate surface area is 97.3 Å². The first-order valence-electron chi connectivity index (χ1n) is 5.05. The molecule has 0 aromatic heterocycles. The van der Waals surface area contributed by atoms with E-state index in [0.29, 0.717) is 17.2 Å². The molecule has 3 nitrogen and oxygen atoms in total. The number of halogens is 3. The third-order valence-corrected chi connectivity index (χ3v) is 2.07. The first-order chi connectivity index (χ1) is 7.92. The van der Waals surface area contributed by atoms with Crippen LogP contribution >= 0.6 is 0 Å². The SMILES string of the molecule is COc1ccc(OCCCC(F)(F)F)cc1N. The van der Waals surface area contributed by atoms with Crippen LogP contribution in [0.2, 0.25) is 0 Å². The molecule has 0 amide bonds. The molecule has 0 heterocycles. The van der Waals surface area contributed by atoms with Crippen molar-refractivity contribution in [2.45, 2.75) is 19.0 Å². The lowest BCUT2D eigenvalue weighted by Crippen LogP contribution is -2.09. The minimum Gasteiger partial charge on any atom is -0.495 e. The quantitative estimate of drug-likeness (QED) is 0.644. The summed E-state index contributed by atoms with van der Waals surface area (Å²) in [5, 5.41) is 0. The minimum absolute atomic E-state index is 0.00524. The zero-order chi connectivity index (χ0) is 12.9. The van der Waals surface area contributed by atoms with Gasteiger partial charge in [-0.05, 0) is 18.6 Å². The van der Waals surface area contributed by atoms with Crippen molar-refractivity contribution in [1.29, 1.82) is 0 Å². The lowest BCUT2D eigenvalue weighted by atomic mass is 10.3. The Bertz CT molecular complexity index is 366. The minimum atomic E-state index is -4.14. The smallest absolute Gasteiger partial charge is 0.389 e. The van der Waals surface area contributed by atoms with Crippen LogP contribution in [0.3, 0.4) is 0 Å². The maximum atomic E-state index is 11.9. The predicted octanol–water partition coefficient (Wildman–Crippen LogP) is 3.00. The second kappa shape index (κ2) is 5.65. The van der Waals surface area contributed by atoms with Gasteiger partial charge in [0.2, 0.25) is 0 Å². The number of nitrogen functional groups attached to an aromatic ring is 1. The van der Waals surface area contributed by atoms with Gasteiger partial charge in [0.15, 0.2) is 0 Å². The Morgan fingerprint density at radius 2 is 2.00 bits per heavy atom. The molecule has 0 aliphatic carbocycles. The van der Waals surface area contributed by atoms with E-state index in [2.05, 4.69) is 0 Å². The van der Waals surface area contributed by atoms with E-state index < -0.39 is 12.6 Å². The number of hydrogen-bond donors (Lipinski definition) is 1. The van der Waals surface area contributed by atoms with Crippen molar-refractivity contribution in [1.82, 2.24) is 0 Å². The van der Waals surface area contributed by atoms with E-state index in [1.165, 1.54) is 13.2 Å². The number of hydrogen-bond acceptors (Lipinski definition) is 3. The van der Waals surface area contributed by atoms with Crippen molar-refractivity contribution in [3.8, 4) is 11.5 Å². The number of anilines is 1. The highest BCUT2D eigenvalue weighted by molar-refractivity contribution is 5.56. The van der Waals surface area contributed by atoms with Crippen molar-refractivity contribution < 1.29 is 22.6 Å². The van der Waals surface area contributed by atoms with Gasteiger partial charge in [-0.1, -0.05) is 0 Å². The van der Waals surface area contributed by atoms with Gasteiger partial charge in [0.25, 0.3) is 0 Å². The largest absolute Gasteiger partial charge is 0.495 e. The Kier molecular flexibility index (Phi) is 4.48. The average molecular weight is 249 g/mol. The van der Waals surface area contributed by atoms with Crippen molar-refractivity contribution in [2.75, 3.05) is 19.5 Å². The fraction of sp³-hybridized carbons (Fsp3) is 0.455. The van der Waals surface area contributed by atoms with Gasteiger partial charge in [0.05, 0.1) is 19.4 Å². The van der Waals surface area contributed by atoms with Crippen LogP contribution in [0.5, 0.6) is 11.5 Å². The third-order valence-electron chi connectivity index (χ3n) is 2.07. The normalized spacial score (nSPS) is 11.3. The molecule has 0 bridgehead atoms. The Morgan fingerprint density at radius 1 is 1.29 bits per heavy atom. The molecule has 0 aliphatic rings. The molecule has 6 heteroatoms. The molecule has 0 aliphatic heterocycles. The van der Waals surface area contributed by atoms with Crippen molar-refractivity contribution in [2.24, 2.45) is 0 Å². The average Bonchev–Trinajstić information content (AvgIpc) is 2.23. The van der Waals surface area contributed by atoms with Crippen LogP contribution < -0.4 is 15.2 Å². The van der Waals surface area contributed by atoms with E-state index in [1.54, 1.807) is 12.1 Å². The Hall–Kier alpha value is -1.59. The number of alkyl halides is 3. The lowest BCUT2D eigenvalue weighted by Gasteiger charge is -2.10. The number of nitrogens with two attached hydrogens (primary N) is 1. The van der Waals surface area contributed by atoms with Gasteiger partial charge in [0.1, 0.15) is 11.5 Å². The molecule has 0 atom stereocenters. The van der Waals surface area contributed by atoms with Gasteiger partial charge >= 0.3 is 6.18 Å². The standard InChI is InChI=1S/C11H14F3NO2/c1-16-10-4-3-8(7-9(10)15)17-6-2-5-11(12,13)14/h3-4,7H,2,5-6,15H2,1H3. The van der Waals surface area contributed by atoms with Crippen molar-refractivity contribution in [3.63, 3.8) is 0 Å². The second-order valence-electron chi connectivity index (χ2n) is 3.47. The molecular formula is C11H14F3NO2. The van der Waals surface area contributed by atoms with Gasteiger partial charge in [-0.3, -0.25) is 0 Å². The highest BCUT2D eigenvalue weighted by Gasteiger charge is 2.26. The summed E-state index contributed by atoms with van der Waals surface area (Å²) in [7, 11) is 1.48. The summed E-state index contributed by atoms with van der Waals surface area (Å²) in [5.41, 5.74) is 6.01. The van der Waals surface area contributed by atoms with Crippen LogP contribution in [0.15, 0.2) is 18.2 Å². The zero-order valence-corrected chi connectivity index (χ0v) is 9.38. The molecule has 1 aromatic carbocycles. The number of benzene rings is 1. The van der Waals surface area contributed by atoms with E-state index in [0.717, 1.165) is 0 Å². The fourth-order valence-electron chi connectivity index (χ4n) is 1.26. The Balaban J connectivity index is 2.40. The molecule has 0 saturated carbocycles. The molecule has 17 heavy (non-hydrogen) atoms. The van der Waals surface area contributed by atoms with Crippen molar-refractivity contribution >= 4 is 5.69 Å². The maximum Gasteiger partial charge on any atom is 0.389 e. The second-order valence-corrected chi connectivity index (χ2v) is 3.47. The highest BCUT2D eigenvalue weighted by atomic mass is 19.4. The number of ether oxygens (including phenoxy) is 2. The summed E-state index contributed by atoms with van der Waals surface area (Å²) in [6.07, 6.45) is -5.06. The van der Waals surface area contributed by atoms with E-state index in [-0.39, 0.29) is 13.0 Å². The maximum absolute atomic E-state index is 11.9. The summed E-state index contributed by atoms with van der Waals surface area (Å²) in [4.78, 5) is 0. The van der Waals surface area contributed by atoms with Crippen LogP contribution in [0.1, 0.15) is 12.8 Å². The van der Waals surface area contributed by atoms with Crippen LogP contribution in [-0.4, -0.2) is 19.9 Å². The van der Waals surface area contributed by atoms with Gasteiger partial charge in [-0.15, -0.1) is 0 Å².